The van der Waals surface area contributed by atoms with Gasteiger partial charge in [-0.2, -0.15) is 0 Å². The summed E-state index contributed by atoms with van der Waals surface area (Å²) in [5, 5.41) is 0. The van der Waals surface area contributed by atoms with E-state index >= 15 is 0 Å². The third kappa shape index (κ3) is 3.07. The molecule has 0 bridgehead atoms. The van der Waals surface area contributed by atoms with E-state index in [0.717, 1.165) is 12.3 Å². The molecule has 0 amide bonds. The molecule has 0 heterocycles. The highest BCUT2D eigenvalue weighted by atomic mass is 19.1. The van der Waals surface area contributed by atoms with Gasteiger partial charge >= 0.3 is 0 Å². The van der Waals surface area contributed by atoms with E-state index in [1.807, 2.05) is 6.08 Å². The van der Waals surface area contributed by atoms with E-state index in [1.165, 1.54) is 37.7 Å². The number of rotatable bonds is 2. The second-order valence-corrected chi connectivity index (χ2v) is 5.15. The van der Waals surface area contributed by atoms with E-state index in [2.05, 4.69) is 13.0 Å². The molecule has 1 heteroatoms. The smallest absolute Gasteiger partial charge is 0.123 e. The summed E-state index contributed by atoms with van der Waals surface area (Å²) in [4.78, 5) is 0. The minimum Gasteiger partial charge on any atom is -0.207 e. The summed E-state index contributed by atoms with van der Waals surface area (Å²) in [5.74, 6) is 1.10. The molecule has 2 aliphatic carbocycles. The van der Waals surface area contributed by atoms with Gasteiger partial charge in [0.15, 0.2) is 0 Å². The van der Waals surface area contributed by atoms with Crippen molar-refractivity contribution in [2.75, 3.05) is 0 Å². The Morgan fingerprint density at radius 2 is 2.00 bits per heavy atom. The van der Waals surface area contributed by atoms with Gasteiger partial charge in [-0.25, -0.2) is 4.39 Å². The van der Waals surface area contributed by atoms with Crippen molar-refractivity contribution in [1.82, 2.24) is 0 Å². The number of allylic oxidation sites excluding steroid dienone is 6. The van der Waals surface area contributed by atoms with Gasteiger partial charge in [-0.05, 0) is 30.4 Å². The van der Waals surface area contributed by atoms with Crippen LogP contribution in [0.15, 0.2) is 35.7 Å². The highest BCUT2D eigenvalue weighted by molar-refractivity contribution is 5.29. The van der Waals surface area contributed by atoms with Crippen molar-refractivity contribution in [2.45, 2.75) is 45.4 Å². The van der Waals surface area contributed by atoms with Crippen molar-refractivity contribution < 1.29 is 4.39 Å². The van der Waals surface area contributed by atoms with Crippen molar-refractivity contribution in [3.63, 3.8) is 0 Å². The third-order valence-electron chi connectivity index (χ3n) is 3.81. The van der Waals surface area contributed by atoms with Gasteiger partial charge in [0.25, 0.3) is 0 Å². The first-order valence-electron chi connectivity index (χ1n) is 6.50. The van der Waals surface area contributed by atoms with E-state index < -0.39 is 0 Å². The summed E-state index contributed by atoms with van der Waals surface area (Å²) < 4.78 is 13.4. The van der Waals surface area contributed by atoms with Gasteiger partial charge in [0, 0.05) is 0 Å². The fourth-order valence-electron chi connectivity index (χ4n) is 2.76. The molecule has 0 spiro atoms. The molecule has 0 aromatic heterocycles. The van der Waals surface area contributed by atoms with Crippen LogP contribution in [0.1, 0.15) is 45.4 Å². The third-order valence-corrected chi connectivity index (χ3v) is 3.81. The Kier molecular flexibility index (Phi) is 3.98. The Bertz CT molecular complexity index is 316. The molecule has 0 saturated heterocycles. The summed E-state index contributed by atoms with van der Waals surface area (Å²) >= 11 is 0. The molecular weight excluding hydrogens is 199 g/mol. The predicted molar refractivity (Wildman–Crippen MR) is 66.8 cm³/mol. The summed E-state index contributed by atoms with van der Waals surface area (Å²) in [6.07, 6.45) is 15.1. The van der Waals surface area contributed by atoms with Crippen molar-refractivity contribution in [3.8, 4) is 0 Å². The lowest BCUT2D eigenvalue weighted by Crippen LogP contribution is -2.09. The Hall–Kier alpha value is -0.850. The zero-order valence-corrected chi connectivity index (χ0v) is 10.1. The lowest BCUT2D eigenvalue weighted by atomic mass is 9.82. The van der Waals surface area contributed by atoms with Crippen molar-refractivity contribution in [1.29, 1.82) is 0 Å². The summed E-state index contributed by atoms with van der Waals surface area (Å²) in [7, 11) is 0. The molecule has 2 rings (SSSR count). The van der Waals surface area contributed by atoms with Gasteiger partial charge in [0.2, 0.25) is 0 Å². The number of hydrogen-bond donors (Lipinski definition) is 0. The lowest BCUT2D eigenvalue weighted by Gasteiger charge is -2.24. The predicted octanol–water partition coefficient (Wildman–Crippen LogP) is 4.94. The van der Waals surface area contributed by atoms with E-state index in [-0.39, 0.29) is 5.83 Å². The molecule has 88 valence electrons. The van der Waals surface area contributed by atoms with Crippen molar-refractivity contribution >= 4 is 0 Å². The van der Waals surface area contributed by atoms with Crippen LogP contribution in [0.25, 0.3) is 0 Å². The normalized spacial score (nSPS) is 27.2. The molecule has 1 unspecified atom stereocenters. The van der Waals surface area contributed by atoms with Crippen LogP contribution in [0, 0.1) is 11.8 Å². The summed E-state index contributed by atoms with van der Waals surface area (Å²) in [6, 6.07) is 0. The molecule has 0 N–H and O–H groups in total. The zero-order valence-electron chi connectivity index (χ0n) is 10.1. The van der Waals surface area contributed by atoms with Crippen LogP contribution in [0.4, 0.5) is 4.39 Å². The van der Waals surface area contributed by atoms with Crippen LogP contribution < -0.4 is 0 Å². The molecule has 0 aliphatic heterocycles. The number of hydrogen-bond acceptors (Lipinski definition) is 0. The van der Waals surface area contributed by atoms with Gasteiger partial charge in [-0.15, -0.1) is 0 Å². The first kappa shape index (κ1) is 11.6. The van der Waals surface area contributed by atoms with Crippen LogP contribution in [0.2, 0.25) is 0 Å². The highest BCUT2D eigenvalue weighted by Crippen LogP contribution is 2.32. The van der Waals surface area contributed by atoms with Crippen LogP contribution in [-0.2, 0) is 0 Å². The number of halogens is 1. The van der Waals surface area contributed by atoms with Crippen LogP contribution in [-0.4, -0.2) is 0 Å². The molecule has 0 radical (unpaired) electrons. The molecule has 0 aromatic rings. The molecular formula is C15H21F. The maximum atomic E-state index is 13.4. The van der Waals surface area contributed by atoms with Crippen molar-refractivity contribution in [2.24, 2.45) is 11.8 Å². The fourth-order valence-corrected chi connectivity index (χ4v) is 2.76. The molecule has 16 heavy (non-hydrogen) atoms. The quantitative estimate of drug-likeness (QED) is 0.618. The second kappa shape index (κ2) is 5.47. The topological polar surface area (TPSA) is 0 Å². The van der Waals surface area contributed by atoms with E-state index in [4.69, 9.17) is 0 Å². The van der Waals surface area contributed by atoms with Gasteiger partial charge in [0.05, 0.1) is 0 Å². The van der Waals surface area contributed by atoms with Crippen molar-refractivity contribution in [3.05, 3.63) is 35.7 Å². The largest absolute Gasteiger partial charge is 0.207 e. The maximum Gasteiger partial charge on any atom is 0.123 e. The average Bonchev–Trinajstić information content (AvgIpc) is 2.43. The van der Waals surface area contributed by atoms with Gasteiger partial charge < -0.3 is 0 Å². The summed E-state index contributed by atoms with van der Waals surface area (Å²) in [5.41, 5.74) is 1.27. The second-order valence-electron chi connectivity index (χ2n) is 5.15. The van der Waals surface area contributed by atoms with E-state index in [9.17, 15) is 4.39 Å². The zero-order chi connectivity index (χ0) is 11.4. The monoisotopic (exact) mass is 220 g/mol. The van der Waals surface area contributed by atoms with Gasteiger partial charge in [-0.1, -0.05) is 56.8 Å². The molecule has 1 saturated carbocycles. The maximum absolute atomic E-state index is 13.4. The molecule has 1 fully saturated rings. The fraction of sp³-hybridized carbons (Fsp3) is 0.600. The van der Waals surface area contributed by atoms with E-state index in [1.54, 1.807) is 12.2 Å². The van der Waals surface area contributed by atoms with Crippen LogP contribution in [0.3, 0.4) is 0 Å². The Morgan fingerprint density at radius 1 is 1.25 bits per heavy atom. The molecule has 2 aliphatic rings. The van der Waals surface area contributed by atoms with Gasteiger partial charge in [-0.3, -0.25) is 0 Å². The molecule has 0 aromatic carbocycles. The Morgan fingerprint density at radius 3 is 2.75 bits per heavy atom. The lowest BCUT2D eigenvalue weighted by molar-refractivity contribution is 0.350. The Balaban J connectivity index is 2.01. The first-order valence-corrected chi connectivity index (χ1v) is 6.50. The highest BCUT2D eigenvalue weighted by Gasteiger charge is 2.18. The SMILES string of the molecule is CC1C=CC=C(F)C=C1CC1CCCCC1. The minimum absolute atomic E-state index is 0.0913. The molecule has 1 atom stereocenters. The van der Waals surface area contributed by atoms with Crippen LogP contribution >= 0.6 is 0 Å². The Labute approximate surface area is 97.9 Å². The average molecular weight is 220 g/mol. The van der Waals surface area contributed by atoms with E-state index in [0.29, 0.717) is 5.92 Å². The van der Waals surface area contributed by atoms with Gasteiger partial charge in [0.1, 0.15) is 5.83 Å². The summed E-state index contributed by atoms with van der Waals surface area (Å²) in [6.45, 7) is 2.16. The molecule has 0 nitrogen and oxygen atoms in total. The minimum atomic E-state index is -0.0913. The standard InChI is InChI=1S/C15H21F/c1-12-6-5-9-15(16)11-14(12)10-13-7-3-2-4-8-13/h5-6,9,11-13H,2-4,7-8,10H2,1H3. The van der Waals surface area contributed by atoms with Crippen LogP contribution in [0.5, 0.6) is 0 Å². The first-order chi connectivity index (χ1) is 7.75.